The van der Waals surface area contributed by atoms with Crippen molar-refractivity contribution in [1.82, 2.24) is 29.1 Å². The summed E-state index contributed by atoms with van der Waals surface area (Å²) >= 11 is 0. The number of aromatic amines is 1. The Hall–Kier alpha value is -2.96. The maximum absolute atomic E-state index is 12.9. The molecular formula is C20H26N7O12P2+. The molecule has 6 N–H and O–H groups in total. The number of nitrogens with two attached hydrogens (primary N) is 1. The van der Waals surface area contributed by atoms with E-state index in [1.807, 2.05) is 0 Å². The van der Waals surface area contributed by atoms with E-state index in [9.17, 15) is 28.7 Å². The number of nitrogens with one attached hydrogen (secondary N) is 1. The van der Waals surface area contributed by atoms with E-state index in [0.717, 1.165) is 4.57 Å². The molecule has 0 aliphatic carbocycles. The van der Waals surface area contributed by atoms with Crippen LogP contribution < -0.4 is 17.0 Å². The van der Waals surface area contributed by atoms with E-state index in [1.54, 1.807) is 4.57 Å². The third-order valence-electron chi connectivity index (χ3n) is 6.51. The minimum atomic E-state index is -4.84. The largest absolute Gasteiger partial charge is 0.694 e. The van der Waals surface area contributed by atoms with Gasteiger partial charge in [-0.1, -0.05) is 0 Å². The number of aliphatic hydroxyl groups is 1. The van der Waals surface area contributed by atoms with Crippen LogP contribution in [0.2, 0.25) is 0 Å². The molecule has 0 saturated carbocycles. The summed E-state index contributed by atoms with van der Waals surface area (Å²) in [4.78, 5) is 57.8. The number of hydrogen-bond acceptors (Lipinski definition) is 14. The molecule has 0 aromatic carbocycles. The summed E-state index contributed by atoms with van der Waals surface area (Å²) in [5.41, 5.74) is 5.28. The van der Waals surface area contributed by atoms with Crippen LogP contribution >= 0.6 is 16.1 Å². The van der Waals surface area contributed by atoms with Crippen molar-refractivity contribution in [3.8, 4) is 0 Å². The summed E-state index contributed by atoms with van der Waals surface area (Å²) in [6.45, 7) is 0.393. The number of nitrogen functional groups attached to an aromatic ring is 1. The Labute approximate surface area is 230 Å². The molecule has 3 aromatic rings. The third-order valence-corrected chi connectivity index (χ3v) is 7.89. The van der Waals surface area contributed by atoms with Gasteiger partial charge >= 0.3 is 21.8 Å². The highest BCUT2D eigenvalue weighted by Crippen LogP contribution is 2.49. The Bertz CT molecular complexity index is 1610. The van der Waals surface area contributed by atoms with Crippen molar-refractivity contribution in [2.75, 3.05) is 18.9 Å². The first-order valence-electron chi connectivity index (χ1n) is 12.1. The molecule has 2 aliphatic rings. The normalized spacial score (nSPS) is 28.2. The van der Waals surface area contributed by atoms with Gasteiger partial charge in [0.05, 0.1) is 25.2 Å². The zero-order valence-electron chi connectivity index (χ0n) is 21.2. The lowest BCUT2D eigenvalue weighted by atomic mass is 10.2. The molecule has 2 aliphatic heterocycles. The maximum atomic E-state index is 12.9. The number of imidazole rings is 1. The Morgan fingerprint density at radius 2 is 1.93 bits per heavy atom. The van der Waals surface area contributed by atoms with Crippen LogP contribution in [0.15, 0.2) is 28.3 Å². The fourth-order valence-electron chi connectivity index (χ4n) is 4.53. The van der Waals surface area contributed by atoms with Crippen molar-refractivity contribution in [3.05, 3.63) is 45.1 Å². The molecule has 3 aromatic heterocycles. The van der Waals surface area contributed by atoms with E-state index in [2.05, 4.69) is 19.9 Å². The summed E-state index contributed by atoms with van der Waals surface area (Å²) in [7, 11) is -7.88. The van der Waals surface area contributed by atoms with Crippen LogP contribution in [0.4, 0.5) is 5.95 Å². The van der Waals surface area contributed by atoms with Gasteiger partial charge in [0.1, 0.15) is 42.9 Å². The van der Waals surface area contributed by atoms with E-state index in [-0.39, 0.29) is 24.4 Å². The average Bonchev–Trinajstić information content (AvgIpc) is 3.60. The molecule has 0 amide bonds. The fourth-order valence-corrected chi connectivity index (χ4v) is 5.76. The Balaban J connectivity index is 1.24. The van der Waals surface area contributed by atoms with Gasteiger partial charge in [-0.25, -0.2) is 19.3 Å². The Morgan fingerprint density at radius 1 is 1.20 bits per heavy atom. The van der Waals surface area contributed by atoms with Crippen LogP contribution in [0.3, 0.4) is 0 Å². The number of H-pyrrole nitrogens is 1. The van der Waals surface area contributed by atoms with Gasteiger partial charge in [-0.3, -0.25) is 28.0 Å². The highest BCUT2D eigenvalue weighted by atomic mass is 31.2. The first-order chi connectivity index (χ1) is 19.4. The minimum absolute atomic E-state index is 0.0179. The number of ether oxygens (including phenoxy) is 2. The zero-order valence-corrected chi connectivity index (χ0v) is 23.0. The Kier molecular flexibility index (Phi) is 8.45. The first kappa shape index (κ1) is 29.5. The van der Waals surface area contributed by atoms with Crippen LogP contribution in [-0.4, -0.2) is 81.6 Å². The van der Waals surface area contributed by atoms with Gasteiger partial charge in [0.2, 0.25) is 5.95 Å². The van der Waals surface area contributed by atoms with Gasteiger partial charge < -0.3 is 25.2 Å². The van der Waals surface area contributed by atoms with Crippen molar-refractivity contribution in [3.63, 3.8) is 0 Å². The molecule has 2 saturated heterocycles. The van der Waals surface area contributed by atoms with Gasteiger partial charge in [-0.2, -0.15) is 4.98 Å². The number of phosphoric ester groups is 1. The topological polar surface area (TPSA) is 265 Å². The highest BCUT2D eigenvalue weighted by Gasteiger charge is 2.44. The first-order valence-corrected chi connectivity index (χ1v) is 14.7. The predicted octanol–water partition coefficient (Wildman–Crippen LogP) is -0.628. The second-order valence-electron chi connectivity index (χ2n) is 9.31. The summed E-state index contributed by atoms with van der Waals surface area (Å²) in [6.07, 6.45) is -2.32. The molecule has 0 bridgehead atoms. The SMILES string of the molecule is Cc1cn([C@H]2C[C@H](OP(=O)(O)OC[C@H]3O[C@@H](n4cnc5cnc(N)nc54)C[C@@H]3O)[C@@H](CO[P+](=O)O)O2)c(=O)[nH]c1=O. The summed E-state index contributed by atoms with van der Waals surface area (Å²) < 4.78 is 53.1. The van der Waals surface area contributed by atoms with Crippen LogP contribution in [-0.2, 0) is 32.2 Å². The van der Waals surface area contributed by atoms with Crippen LogP contribution in [0.1, 0.15) is 30.9 Å². The lowest BCUT2D eigenvalue weighted by molar-refractivity contribution is -0.0543. The maximum Gasteiger partial charge on any atom is 0.694 e. The molecular weight excluding hydrogens is 592 g/mol. The molecule has 41 heavy (non-hydrogen) atoms. The third kappa shape index (κ3) is 6.60. The van der Waals surface area contributed by atoms with Crippen LogP contribution in [0.5, 0.6) is 0 Å². The van der Waals surface area contributed by atoms with E-state index in [4.69, 9.17) is 33.7 Å². The molecule has 0 radical (unpaired) electrons. The molecule has 2 fully saturated rings. The van der Waals surface area contributed by atoms with Crippen molar-refractivity contribution in [2.24, 2.45) is 0 Å². The quantitative estimate of drug-likeness (QED) is 0.177. The van der Waals surface area contributed by atoms with E-state index in [1.165, 1.54) is 25.6 Å². The fraction of sp³-hybridized carbons (Fsp3) is 0.550. The number of fused-ring (bicyclic) bond motifs is 1. The number of phosphoric acid groups is 1. The molecule has 5 rings (SSSR count). The number of anilines is 1. The van der Waals surface area contributed by atoms with Gasteiger partial charge in [-0.15, -0.1) is 9.42 Å². The molecule has 0 spiro atoms. The molecule has 8 atom stereocenters. The molecule has 2 unspecified atom stereocenters. The van der Waals surface area contributed by atoms with Crippen molar-refractivity contribution < 1.29 is 47.1 Å². The Morgan fingerprint density at radius 3 is 2.68 bits per heavy atom. The van der Waals surface area contributed by atoms with E-state index < -0.39 is 77.4 Å². The van der Waals surface area contributed by atoms with E-state index in [0.29, 0.717) is 11.2 Å². The molecule has 21 heteroatoms. The second kappa shape index (κ2) is 11.7. The highest BCUT2D eigenvalue weighted by molar-refractivity contribution is 7.47. The summed E-state index contributed by atoms with van der Waals surface area (Å²) in [5.74, 6) is 0.0179. The lowest BCUT2D eigenvalue weighted by Crippen LogP contribution is -2.33. The number of hydrogen-bond donors (Lipinski definition) is 5. The zero-order chi connectivity index (χ0) is 29.5. The predicted molar refractivity (Wildman–Crippen MR) is 135 cm³/mol. The number of aryl methyl sites for hydroxylation is 1. The number of aliphatic hydroxyl groups excluding tert-OH is 1. The van der Waals surface area contributed by atoms with Crippen LogP contribution in [0, 0.1) is 6.92 Å². The minimum Gasteiger partial charge on any atom is -0.390 e. The molecule has 5 heterocycles. The summed E-state index contributed by atoms with van der Waals surface area (Å²) in [6, 6.07) is 0. The second-order valence-corrected chi connectivity index (χ2v) is 11.4. The van der Waals surface area contributed by atoms with E-state index >= 15 is 0 Å². The van der Waals surface area contributed by atoms with Gasteiger partial charge in [0.15, 0.2) is 5.65 Å². The number of aromatic nitrogens is 6. The van der Waals surface area contributed by atoms with Gasteiger partial charge in [0.25, 0.3) is 5.56 Å². The van der Waals surface area contributed by atoms with Crippen molar-refractivity contribution >= 4 is 33.2 Å². The number of rotatable bonds is 10. The molecule has 222 valence electrons. The van der Waals surface area contributed by atoms with Gasteiger partial charge in [-0.05, 0) is 6.92 Å². The van der Waals surface area contributed by atoms with Crippen molar-refractivity contribution in [1.29, 1.82) is 0 Å². The van der Waals surface area contributed by atoms with Crippen molar-refractivity contribution in [2.45, 2.75) is 56.6 Å². The standard InChI is InChI=1S/C20H25N7O12P2/c1-9-5-26(20(30)25-18(9)29)16-3-12(14(38-16)6-35-40(31)32)39-41(33,34)36-7-13-11(28)2-15(37-13)27-8-23-10-4-22-19(21)24-17(10)27/h4-5,8,11-16,28H,2-3,6-7H2,1H3,(H4-,21,22,24,25,29,30,31,32,33,34)/p+1/t11-,12-,13+,14+,15+,16+/m0/s1. The van der Waals surface area contributed by atoms with Gasteiger partial charge in [0, 0.05) is 29.2 Å². The smallest absolute Gasteiger partial charge is 0.390 e. The summed E-state index contributed by atoms with van der Waals surface area (Å²) in [5, 5.41) is 10.5. The van der Waals surface area contributed by atoms with Crippen LogP contribution in [0.25, 0.3) is 11.2 Å². The monoisotopic (exact) mass is 618 g/mol. The lowest BCUT2D eigenvalue weighted by Gasteiger charge is -2.21. The molecule has 19 nitrogen and oxygen atoms in total. The number of nitrogens with zero attached hydrogens (tertiary/aromatic N) is 5. The average molecular weight is 618 g/mol.